The van der Waals surface area contributed by atoms with E-state index in [1.807, 2.05) is 0 Å². The highest BCUT2D eigenvalue weighted by Crippen LogP contribution is 2.25. The van der Waals surface area contributed by atoms with Gasteiger partial charge in [-0.15, -0.1) is 0 Å². The van der Waals surface area contributed by atoms with Crippen LogP contribution >= 0.6 is 0 Å². The van der Waals surface area contributed by atoms with E-state index >= 15 is 0 Å². The Hall–Kier alpha value is -1.78. The predicted octanol–water partition coefficient (Wildman–Crippen LogP) is 2.01. The Morgan fingerprint density at radius 3 is 3.00 bits per heavy atom. The van der Waals surface area contributed by atoms with Gasteiger partial charge in [0.05, 0.1) is 19.8 Å². The number of cyclic esters (lactones) is 1. The SMILES string of the molecule is COc1ccc([C@H]2CCOC(=O)N2)cc1F. The van der Waals surface area contributed by atoms with Crippen LogP contribution in [0.5, 0.6) is 5.75 Å². The van der Waals surface area contributed by atoms with Crippen LogP contribution in [0.25, 0.3) is 0 Å². The van der Waals surface area contributed by atoms with Crippen LogP contribution in [0.2, 0.25) is 0 Å². The van der Waals surface area contributed by atoms with Gasteiger partial charge in [-0.1, -0.05) is 6.07 Å². The van der Waals surface area contributed by atoms with Crippen molar-refractivity contribution in [3.63, 3.8) is 0 Å². The van der Waals surface area contributed by atoms with Crippen molar-refractivity contribution in [2.45, 2.75) is 12.5 Å². The minimum absolute atomic E-state index is 0.193. The van der Waals surface area contributed by atoms with E-state index in [0.29, 0.717) is 13.0 Å². The van der Waals surface area contributed by atoms with E-state index in [9.17, 15) is 9.18 Å². The van der Waals surface area contributed by atoms with Gasteiger partial charge in [-0.25, -0.2) is 9.18 Å². The second-order valence-electron chi connectivity index (χ2n) is 3.52. The number of carbonyl (C=O) groups is 1. The maximum absolute atomic E-state index is 13.4. The van der Waals surface area contributed by atoms with E-state index in [1.54, 1.807) is 12.1 Å². The van der Waals surface area contributed by atoms with Gasteiger partial charge in [0.15, 0.2) is 11.6 Å². The Balaban J connectivity index is 2.20. The van der Waals surface area contributed by atoms with Crippen molar-refractivity contribution in [1.29, 1.82) is 0 Å². The van der Waals surface area contributed by atoms with Crippen LogP contribution in [0, 0.1) is 5.82 Å². The number of ether oxygens (including phenoxy) is 2. The molecule has 0 unspecified atom stereocenters. The zero-order valence-corrected chi connectivity index (χ0v) is 8.83. The lowest BCUT2D eigenvalue weighted by atomic mass is 10.0. The molecule has 0 aromatic heterocycles. The first-order valence-corrected chi connectivity index (χ1v) is 4.97. The van der Waals surface area contributed by atoms with Gasteiger partial charge in [0, 0.05) is 6.42 Å². The molecular formula is C11H12FNO3. The molecule has 0 aliphatic carbocycles. The second-order valence-corrected chi connectivity index (χ2v) is 3.52. The number of halogens is 1. The summed E-state index contributed by atoms with van der Waals surface area (Å²) in [6, 6.07) is 4.46. The van der Waals surface area contributed by atoms with E-state index in [-0.39, 0.29) is 11.8 Å². The number of rotatable bonds is 2. The highest BCUT2D eigenvalue weighted by molar-refractivity contribution is 5.68. The van der Waals surface area contributed by atoms with Gasteiger partial charge in [-0.3, -0.25) is 0 Å². The van der Waals surface area contributed by atoms with Gasteiger partial charge >= 0.3 is 6.09 Å². The van der Waals surface area contributed by atoms with Crippen molar-refractivity contribution in [2.75, 3.05) is 13.7 Å². The van der Waals surface area contributed by atoms with Crippen molar-refractivity contribution in [3.05, 3.63) is 29.6 Å². The Kier molecular flexibility index (Phi) is 2.94. The first-order chi connectivity index (χ1) is 7.70. The number of hydrogen-bond acceptors (Lipinski definition) is 3. The number of amides is 1. The van der Waals surface area contributed by atoms with E-state index in [4.69, 9.17) is 9.47 Å². The smallest absolute Gasteiger partial charge is 0.407 e. The Bertz CT molecular complexity index is 408. The molecule has 2 rings (SSSR count). The zero-order valence-electron chi connectivity index (χ0n) is 8.83. The van der Waals surface area contributed by atoms with Crippen molar-refractivity contribution in [2.24, 2.45) is 0 Å². The third-order valence-corrected chi connectivity index (χ3v) is 2.51. The average Bonchev–Trinajstić information content (AvgIpc) is 2.29. The van der Waals surface area contributed by atoms with Crippen molar-refractivity contribution in [1.82, 2.24) is 5.32 Å². The van der Waals surface area contributed by atoms with Crippen LogP contribution in [0.4, 0.5) is 9.18 Å². The maximum atomic E-state index is 13.4. The summed E-state index contributed by atoms with van der Waals surface area (Å²) in [5.74, 6) is -0.233. The Morgan fingerprint density at radius 1 is 1.56 bits per heavy atom. The van der Waals surface area contributed by atoms with Crippen LogP contribution in [0.3, 0.4) is 0 Å². The molecule has 5 heteroatoms. The van der Waals surface area contributed by atoms with Crippen molar-refractivity contribution >= 4 is 6.09 Å². The lowest BCUT2D eigenvalue weighted by Crippen LogP contribution is -2.35. The monoisotopic (exact) mass is 225 g/mol. The van der Waals surface area contributed by atoms with E-state index in [2.05, 4.69) is 5.32 Å². The van der Waals surface area contributed by atoms with Crippen molar-refractivity contribution < 1.29 is 18.7 Å². The molecule has 1 aromatic carbocycles. The standard InChI is InChI=1S/C11H12FNO3/c1-15-10-3-2-7(6-8(10)12)9-4-5-16-11(14)13-9/h2-3,6,9H,4-5H2,1H3,(H,13,14)/t9-/m1/s1. The van der Waals surface area contributed by atoms with Crippen LogP contribution in [0.1, 0.15) is 18.0 Å². The van der Waals surface area contributed by atoms with Gasteiger partial charge in [0.25, 0.3) is 0 Å². The molecular weight excluding hydrogens is 213 g/mol. The van der Waals surface area contributed by atoms with Gasteiger partial charge in [-0.2, -0.15) is 0 Å². The normalized spacial score (nSPS) is 19.9. The van der Waals surface area contributed by atoms with Gasteiger partial charge in [0.1, 0.15) is 0 Å². The molecule has 1 heterocycles. The number of alkyl carbamates (subject to hydrolysis) is 1. The molecule has 86 valence electrons. The molecule has 1 fully saturated rings. The van der Waals surface area contributed by atoms with Crippen LogP contribution in [0.15, 0.2) is 18.2 Å². The lowest BCUT2D eigenvalue weighted by Gasteiger charge is -2.23. The Labute approximate surface area is 92.4 Å². The molecule has 1 amide bonds. The molecule has 1 aliphatic rings. The summed E-state index contributed by atoms with van der Waals surface area (Å²) in [6.07, 6.45) is 0.171. The first kappa shape index (κ1) is 10.7. The van der Waals surface area contributed by atoms with Crippen LogP contribution < -0.4 is 10.1 Å². The topological polar surface area (TPSA) is 47.6 Å². The number of nitrogens with one attached hydrogen (secondary N) is 1. The minimum Gasteiger partial charge on any atom is -0.494 e. The molecule has 1 N–H and O–H groups in total. The molecule has 0 saturated carbocycles. The fourth-order valence-electron chi connectivity index (χ4n) is 1.67. The predicted molar refractivity (Wildman–Crippen MR) is 54.8 cm³/mol. The molecule has 16 heavy (non-hydrogen) atoms. The van der Waals surface area contributed by atoms with Crippen LogP contribution in [-0.4, -0.2) is 19.8 Å². The summed E-state index contributed by atoms with van der Waals surface area (Å²) in [6.45, 7) is 0.351. The first-order valence-electron chi connectivity index (χ1n) is 4.97. The van der Waals surface area contributed by atoms with Gasteiger partial charge in [0.2, 0.25) is 0 Å². The summed E-state index contributed by atoms with van der Waals surface area (Å²) >= 11 is 0. The summed E-state index contributed by atoms with van der Waals surface area (Å²) in [7, 11) is 1.41. The molecule has 0 spiro atoms. The molecule has 4 nitrogen and oxygen atoms in total. The van der Waals surface area contributed by atoms with E-state index in [0.717, 1.165) is 5.56 Å². The zero-order chi connectivity index (χ0) is 11.5. The molecule has 1 aliphatic heterocycles. The lowest BCUT2D eigenvalue weighted by molar-refractivity contribution is 0.115. The van der Waals surface area contributed by atoms with Crippen molar-refractivity contribution in [3.8, 4) is 5.75 Å². The molecule has 1 aromatic rings. The number of hydrogen-bond donors (Lipinski definition) is 1. The fourth-order valence-corrected chi connectivity index (χ4v) is 1.67. The summed E-state index contributed by atoms with van der Waals surface area (Å²) < 4.78 is 23.0. The summed E-state index contributed by atoms with van der Waals surface area (Å²) in [5, 5.41) is 2.63. The number of methoxy groups -OCH3 is 1. The summed E-state index contributed by atoms with van der Waals surface area (Å²) in [5.41, 5.74) is 0.718. The van der Waals surface area contributed by atoms with E-state index in [1.165, 1.54) is 13.2 Å². The van der Waals surface area contributed by atoms with E-state index < -0.39 is 11.9 Å². The number of benzene rings is 1. The Morgan fingerprint density at radius 2 is 2.38 bits per heavy atom. The maximum Gasteiger partial charge on any atom is 0.407 e. The third-order valence-electron chi connectivity index (χ3n) is 2.51. The fraction of sp³-hybridized carbons (Fsp3) is 0.364. The second kappa shape index (κ2) is 4.38. The molecule has 1 saturated heterocycles. The van der Waals surface area contributed by atoms with Gasteiger partial charge in [-0.05, 0) is 17.7 Å². The largest absolute Gasteiger partial charge is 0.494 e. The average molecular weight is 225 g/mol. The third kappa shape index (κ3) is 2.08. The summed E-state index contributed by atoms with van der Waals surface area (Å²) in [4.78, 5) is 11.0. The number of carbonyl (C=O) groups excluding carboxylic acids is 1. The quantitative estimate of drug-likeness (QED) is 0.837. The van der Waals surface area contributed by atoms with Gasteiger partial charge < -0.3 is 14.8 Å². The highest BCUT2D eigenvalue weighted by atomic mass is 19.1. The molecule has 1 atom stereocenters. The van der Waals surface area contributed by atoms with Crippen LogP contribution in [-0.2, 0) is 4.74 Å². The minimum atomic E-state index is -0.465. The molecule has 0 bridgehead atoms. The molecule has 0 radical (unpaired) electrons. The highest BCUT2D eigenvalue weighted by Gasteiger charge is 2.21.